The average molecular weight is 267 g/mol. The summed E-state index contributed by atoms with van der Waals surface area (Å²) in [7, 11) is 1.74. The molecule has 1 N–H and O–H groups in total. The van der Waals surface area contributed by atoms with E-state index in [9.17, 15) is 0 Å². The lowest BCUT2D eigenvalue weighted by atomic mass is 9.96. The summed E-state index contributed by atoms with van der Waals surface area (Å²) in [5.41, 5.74) is 1.44. The fourth-order valence-electron chi connectivity index (χ4n) is 1.93. The molecule has 0 fully saturated rings. The number of benzene rings is 1. The number of hydrogen-bond donors (Lipinski definition) is 1. The number of methoxy groups -OCH3 is 1. The fourth-order valence-corrected chi connectivity index (χ4v) is 2.67. The van der Waals surface area contributed by atoms with Gasteiger partial charge in [0.2, 0.25) is 0 Å². The molecule has 1 aromatic rings. The van der Waals surface area contributed by atoms with Crippen molar-refractivity contribution in [2.45, 2.75) is 19.3 Å². The smallest absolute Gasteiger partial charge is 0.0587 e. The molecule has 1 atom stereocenters. The molecule has 0 aliphatic rings. The molecule has 0 aliphatic carbocycles. The SMILES string of the molecule is CCSCCC(CNCCOC)c1ccccc1. The van der Waals surface area contributed by atoms with Crippen molar-refractivity contribution in [1.82, 2.24) is 5.32 Å². The Labute approximate surface area is 116 Å². The Balaban J connectivity index is 2.42. The number of thioether (sulfide) groups is 1. The van der Waals surface area contributed by atoms with E-state index in [4.69, 9.17) is 4.74 Å². The van der Waals surface area contributed by atoms with Crippen LogP contribution in [0.3, 0.4) is 0 Å². The van der Waals surface area contributed by atoms with Crippen LogP contribution in [0.1, 0.15) is 24.8 Å². The van der Waals surface area contributed by atoms with Crippen LogP contribution in [0.15, 0.2) is 30.3 Å². The van der Waals surface area contributed by atoms with Gasteiger partial charge in [-0.05, 0) is 29.4 Å². The maximum atomic E-state index is 5.06. The molecule has 1 unspecified atom stereocenters. The minimum atomic E-state index is 0.613. The molecule has 0 spiro atoms. The number of rotatable bonds is 10. The van der Waals surface area contributed by atoms with E-state index in [1.54, 1.807) is 7.11 Å². The number of ether oxygens (including phenoxy) is 1. The summed E-state index contributed by atoms with van der Waals surface area (Å²) in [4.78, 5) is 0. The second-order valence-corrected chi connectivity index (χ2v) is 5.68. The third kappa shape index (κ3) is 6.43. The van der Waals surface area contributed by atoms with E-state index in [0.717, 1.165) is 19.7 Å². The molecule has 0 aromatic heterocycles. The van der Waals surface area contributed by atoms with Gasteiger partial charge < -0.3 is 10.1 Å². The van der Waals surface area contributed by atoms with Gasteiger partial charge in [0.25, 0.3) is 0 Å². The van der Waals surface area contributed by atoms with E-state index in [-0.39, 0.29) is 0 Å². The second kappa shape index (κ2) is 10.4. The van der Waals surface area contributed by atoms with Crippen molar-refractivity contribution in [3.63, 3.8) is 0 Å². The van der Waals surface area contributed by atoms with Crippen molar-refractivity contribution in [3.8, 4) is 0 Å². The average Bonchev–Trinajstić information content (AvgIpc) is 2.42. The van der Waals surface area contributed by atoms with Crippen LogP contribution in [0.25, 0.3) is 0 Å². The molecule has 1 rings (SSSR count). The van der Waals surface area contributed by atoms with Gasteiger partial charge in [-0.2, -0.15) is 11.8 Å². The van der Waals surface area contributed by atoms with Crippen LogP contribution < -0.4 is 5.32 Å². The fraction of sp³-hybridized carbons (Fsp3) is 0.600. The van der Waals surface area contributed by atoms with Crippen molar-refractivity contribution >= 4 is 11.8 Å². The predicted octanol–water partition coefficient (Wildman–Crippen LogP) is 3.15. The van der Waals surface area contributed by atoms with E-state index < -0.39 is 0 Å². The summed E-state index contributed by atoms with van der Waals surface area (Å²) < 4.78 is 5.06. The Morgan fingerprint density at radius 3 is 2.72 bits per heavy atom. The van der Waals surface area contributed by atoms with Gasteiger partial charge in [-0.25, -0.2) is 0 Å². The molecule has 0 saturated heterocycles. The molecular weight excluding hydrogens is 242 g/mol. The topological polar surface area (TPSA) is 21.3 Å². The van der Waals surface area contributed by atoms with E-state index in [0.29, 0.717) is 5.92 Å². The minimum Gasteiger partial charge on any atom is -0.383 e. The summed E-state index contributed by atoms with van der Waals surface area (Å²) in [6, 6.07) is 10.8. The predicted molar refractivity (Wildman–Crippen MR) is 81.5 cm³/mol. The third-order valence-electron chi connectivity index (χ3n) is 2.96. The van der Waals surface area contributed by atoms with E-state index in [1.807, 2.05) is 11.8 Å². The largest absolute Gasteiger partial charge is 0.383 e. The van der Waals surface area contributed by atoms with Gasteiger partial charge in [0.1, 0.15) is 0 Å². The lowest BCUT2D eigenvalue weighted by molar-refractivity contribution is 0.199. The maximum absolute atomic E-state index is 5.06. The summed E-state index contributed by atoms with van der Waals surface area (Å²) in [6.07, 6.45) is 1.24. The molecule has 0 bridgehead atoms. The highest BCUT2D eigenvalue weighted by molar-refractivity contribution is 7.99. The van der Waals surface area contributed by atoms with Crippen molar-refractivity contribution in [1.29, 1.82) is 0 Å². The summed E-state index contributed by atoms with van der Waals surface area (Å²) in [6.45, 7) is 4.97. The quantitative estimate of drug-likeness (QED) is 0.658. The highest BCUT2D eigenvalue weighted by Gasteiger charge is 2.10. The van der Waals surface area contributed by atoms with Crippen LogP contribution in [0, 0.1) is 0 Å². The number of nitrogens with one attached hydrogen (secondary N) is 1. The van der Waals surface area contributed by atoms with Gasteiger partial charge in [-0.3, -0.25) is 0 Å². The Morgan fingerprint density at radius 2 is 2.06 bits per heavy atom. The molecule has 18 heavy (non-hydrogen) atoms. The van der Waals surface area contributed by atoms with Crippen molar-refractivity contribution in [2.24, 2.45) is 0 Å². The van der Waals surface area contributed by atoms with Crippen molar-refractivity contribution in [3.05, 3.63) is 35.9 Å². The Hall–Kier alpha value is -0.510. The van der Waals surface area contributed by atoms with Crippen LogP contribution in [0.5, 0.6) is 0 Å². The molecule has 0 aliphatic heterocycles. The second-order valence-electron chi connectivity index (χ2n) is 4.29. The van der Waals surface area contributed by atoms with E-state index in [2.05, 4.69) is 42.6 Å². The first-order valence-corrected chi connectivity index (χ1v) is 7.86. The lowest BCUT2D eigenvalue weighted by Gasteiger charge is -2.18. The van der Waals surface area contributed by atoms with Crippen LogP contribution in [0.4, 0.5) is 0 Å². The van der Waals surface area contributed by atoms with Crippen molar-refractivity contribution in [2.75, 3.05) is 38.3 Å². The Morgan fingerprint density at radius 1 is 1.28 bits per heavy atom. The lowest BCUT2D eigenvalue weighted by Crippen LogP contribution is -2.25. The molecule has 0 amide bonds. The van der Waals surface area contributed by atoms with Gasteiger partial charge in [0.15, 0.2) is 0 Å². The minimum absolute atomic E-state index is 0.613. The van der Waals surface area contributed by atoms with E-state index >= 15 is 0 Å². The van der Waals surface area contributed by atoms with Gasteiger partial charge in [-0.1, -0.05) is 37.3 Å². The molecule has 1 aromatic carbocycles. The highest BCUT2D eigenvalue weighted by Crippen LogP contribution is 2.20. The molecule has 0 heterocycles. The highest BCUT2D eigenvalue weighted by atomic mass is 32.2. The van der Waals surface area contributed by atoms with Crippen molar-refractivity contribution < 1.29 is 4.74 Å². The maximum Gasteiger partial charge on any atom is 0.0587 e. The first-order valence-electron chi connectivity index (χ1n) is 6.70. The summed E-state index contributed by atoms with van der Waals surface area (Å²) in [5, 5.41) is 3.48. The summed E-state index contributed by atoms with van der Waals surface area (Å²) in [5.74, 6) is 3.06. The molecule has 102 valence electrons. The first-order chi connectivity index (χ1) is 8.88. The third-order valence-corrected chi connectivity index (χ3v) is 3.89. The van der Waals surface area contributed by atoms with Crippen LogP contribution >= 0.6 is 11.8 Å². The monoisotopic (exact) mass is 267 g/mol. The van der Waals surface area contributed by atoms with Gasteiger partial charge in [-0.15, -0.1) is 0 Å². The number of hydrogen-bond acceptors (Lipinski definition) is 3. The summed E-state index contributed by atoms with van der Waals surface area (Å²) >= 11 is 2.02. The zero-order chi connectivity index (χ0) is 13.1. The first kappa shape index (κ1) is 15.5. The van der Waals surface area contributed by atoms with Crippen LogP contribution in [-0.2, 0) is 4.74 Å². The zero-order valence-electron chi connectivity index (χ0n) is 11.5. The van der Waals surface area contributed by atoms with Gasteiger partial charge in [0, 0.05) is 20.2 Å². The van der Waals surface area contributed by atoms with Crippen LogP contribution in [0.2, 0.25) is 0 Å². The van der Waals surface area contributed by atoms with Gasteiger partial charge >= 0.3 is 0 Å². The standard InChI is InChI=1S/C15H25NOS/c1-3-18-12-9-15(13-16-10-11-17-2)14-7-5-4-6-8-14/h4-8,15-16H,3,9-13H2,1-2H3. The molecule has 2 nitrogen and oxygen atoms in total. The molecule has 3 heteroatoms. The normalized spacial score (nSPS) is 12.6. The molecule has 0 radical (unpaired) electrons. The Kier molecular flexibility index (Phi) is 9.00. The van der Waals surface area contributed by atoms with E-state index in [1.165, 1.54) is 23.5 Å². The van der Waals surface area contributed by atoms with Crippen LogP contribution in [-0.4, -0.2) is 38.3 Å². The Bertz CT molecular complexity index is 292. The molecular formula is C15H25NOS. The zero-order valence-corrected chi connectivity index (χ0v) is 12.3. The van der Waals surface area contributed by atoms with Gasteiger partial charge in [0.05, 0.1) is 6.61 Å². The molecule has 0 saturated carbocycles.